The van der Waals surface area contributed by atoms with E-state index < -0.39 is 16.1 Å². The molecule has 33 heavy (non-hydrogen) atoms. The van der Waals surface area contributed by atoms with E-state index in [4.69, 9.17) is 16.3 Å². The number of ether oxygens (including phenoxy) is 1. The van der Waals surface area contributed by atoms with Crippen molar-refractivity contribution in [2.45, 2.75) is 42.5 Å². The highest BCUT2D eigenvalue weighted by atomic mass is 35.5. The van der Waals surface area contributed by atoms with Crippen LogP contribution in [-0.2, 0) is 27.8 Å². The second kappa shape index (κ2) is 10.3. The molecule has 0 N–H and O–H groups in total. The number of thiophene rings is 1. The number of benzene rings is 2. The van der Waals surface area contributed by atoms with Gasteiger partial charge in [0.2, 0.25) is 0 Å². The van der Waals surface area contributed by atoms with E-state index in [1.54, 1.807) is 18.2 Å². The first kappa shape index (κ1) is 23.9. The highest BCUT2D eigenvalue weighted by Gasteiger charge is 2.39. The zero-order valence-electron chi connectivity index (χ0n) is 17.7. The molecule has 1 aromatic heterocycles. The molecule has 0 aliphatic carbocycles. The fraction of sp³-hybridized carbons (Fsp3) is 0.292. The predicted octanol–water partition coefficient (Wildman–Crippen LogP) is 5.47. The van der Waals surface area contributed by atoms with Crippen molar-refractivity contribution < 1.29 is 22.3 Å². The van der Waals surface area contributed by atoms with Crippen LogP contribution in [0.2, 0.25) is 4.34 Å². The molecule has 2 heterocycles. The van der Waals surface area contributed by atoms with Gasteiger partial charge in [0.1, 0.15) is 22.4 Å². The standard InChI is InChI=1S/C24H23ClFNO4S2/c25-23-13-14-24(32-23)33(29,30)27-15-1-2-21(27)22(28)12-7-17-3-5-18(6-4-17)16-31-20-10-8-19(26)9-11-20/h3-6,8-11,13-14,21H,1-2,7,12,15-16H2/t21-/m0/s1. The molecule has 0 saturated carbocycles. The molecule has 1 atom stereocenters. The van der Waals surface area contributed by atoms with Crippen molar-refractivity contribution >= 4 is 38.7 Å². The smallest absolute Gasteiger partial charge is 0.253 e. The Balaban J connectivity index is 1.32. The molecule has 4 rings (SSSR count). The number of ketones is 1. The summed E-state index contributed by atoms with van der Waals surface area (Å²) in [6.45, 7) is 0.698. The molecule has 1 aliphatic rings. The Morgan fingerprint density at radius 1 is 1.06 bits per heavy atom. The second-order valence-corrected chi connectivity index (χ2v) is 11.7. The highest BCUT2D eigenvalue weighted by Crippen LogP contribution is 2.32. The van der Waals surface area contributed by atoms with E-state index in [1.165, 1.54) is 22.5 Å². The van der Waals surface area contributed by atoms with Gasteiger partial charge < -0.3 is 4.74 Å². The van der Waals surface area contributed by atoms with Crippen molar-refractivity contribution in [1.29, 1.82) is 0 Å². The summed E-state index contributed by atoms with van der Waals surface area (Å²) in [5.41, 5.74) is 1.95. The molecule has 0 bridgehead atoms. The Bertz CT molecular complexity index is 1210. The lowest BCUT2D eigenvalue weighted by Crippen LogP contribution is -2.40. The van der Waals surface area contributed by atoms with E-state index in [-0.39, 0.29) is 22.2 Å². The molecule has 1 fully saturated rings. The van der Waals surface area contributed by atoms with Gasteiger partial charge in [0, 0.05) is 13.0 Å². The summed E-state index contributed by atoms with van der Waals surface area (Å²) in [6.07, 6.45) is 2.01. The van der Waals surface area contributed by atoms with Crippen LogP contribution in [0.15, 0.2) is 64.9 Å². The number of carbonyl (C=O) groups is 1. The Kier molecular flexibility index (Phi) is 7.48. The Labute approximate surface area is 201 Å². The maximum atomic E-state index is 13.0. The number of Topliss-reactive ketones (excluding diaryl/α,β-unsaturated/α-hetero) is 1. The molecule has 0 spiro atoms. The van der Waals surface area contributed by atoms with Gasteiger partial charge in [-0.15, -0.1) is 11.3 Å². The molecule has 9 heteroatoms. The summed E-state index contributed by atoms with van der Waals surface area (Å²) >= 11 is 6.91. The second-order valence-electron chi connectivity index (χ2n) is 7.86. The third-order valence-corrected chi connectivity index (χ3v) is 9.20. The fourth-order valence-corrected chi connectivity index (χ4v) is 7.13. The van der Waals surface area contributed by atoms with Gasteiger partial charge in [-0.1, -0.05) is 35.9 Å². The van der Waals surface area contributed by atoms with E-state index in [0.717, 1.165) is 22.5 Å². The van der Waals surface area contributed by atoms with Crippen LogP contribution in [-0.4, -0.2) is 31.1 Å². The number of rotatable bonds is 9. The number of hydrogen-bond donors (Lipinski definition) is 0. The minimum Gasteiger partial charge on any atom is -0.489 e. The van der Waals surface area contributed by atoms with Crippen molar-refractivity contribution in [1.82, 2.24) is 4.31 Å². The molecule has 2 aromatic carbocycles. The normalized spacial score (nSPS) is 16.7. The molecule has 0 radical (unpaired) electrons. The molecule has 0 amide bonds. The summed E-state index contributed by atoms with van der Waals surface area (Å²) in [5, 5.41) is 0. The van der Waals surface area contributed by atoms with Gasteiger partial charge >= 0.3 is 0 Å². The zero-order valence-corrected chi connectivity index (χ0v) is 20.1. The quantitative estimate of drug-likeness (QED) is 0.385. The lowest BCUT2D eigenvalue weighted by atomic mass is 10.0. The van der Waals surface area contributed by atoms with Gasteiger partial charge in [0.25, 0.3) is 10.0 Å². The van der Waals surface area contributed by atoms with Gasteiger partial charge in [-0.25, -0.2) is 12.8 Å². The van der Waals surface area contributed by atoms with E-state index in [0.29, 0.717) is 42.5 Å². The van der Waals surface area contributed by atoms with E-state index in [2.05, 4.69) is 0 Å². The van der Waals surface area contributed by atoms with E-state index >= 15 is 0 Å². The maximum absolute atomic E-state index is 13.0. The molecular formula is C24H23ClFNO4S2. The first-order chi connectivity index (χ1) is 15.8. The van der Waals surface area contributed by atoms with Crippen LogP contribution in [0, 0.1) is 5.82 Å². The van der Waals surface area contributed by atoms with Crippen LogP contribution in [0.25, 0.3) is 0 Å². The predicted molar refractivity (Wildman–Crippen MR) is 127 cm³/mol. The van der Waals surface area contributed by atoms with Crippen LogP contribution in [0.1, 0.15) is 30.4 Å². The van der Waals surface area contributed by atoms with Crippen LogP contribution in [0.5, 0.6) is 5.75 Å². The van der Waals surface area contributed by atoms with E-state index in [9.17, 15) is 17.6 Å². The topological polar surface area (TPSA) is 63.7 Å². The summed E-state index contributed by atoms with van der Waals surface area (Å²) in [6, 6.07) is 16.0. The Morgan fingerprint density at radius 2 is 1.76 bits per heavy atom. The maximum Gasteiger partial charge on any atom is 0.253 e. The molecule has 1 saturated heterocycles. The third kappa shape index (κ3) is 5.81. The summed E-state index contributed by atoms with van der Waals surface area (Å²) in [4.78, 5) is 12.9. The van der Waals surface area contributed by atoms with Crippen molar-refractivity contribution in [2.75, 3.05) is 6.54 Å². The van der Waals surface area contributed by atoms with Crippen LogP contribution >= 0.6 is 22.9 Å². The number of carbonyl (C=O) groups excluding carboxylic acids is 1. The largest absolute Gasteiger partial charge is 0.489 e. The molecule has 174 valence electrons. The minimum atomic E-state index is -3.72. The third-order valence-electron chi connectivity index (χ3n) is 5.59. The molecule has 3 aromatic rings. The first-order valence-electron chi connectivity index (χ1n) is 10.6. The molecule has 1 aliphatic heterocycles. The first-order valence-corrected chi connectivity index (χ1v) is 13.2. The lowest BCUT2D eigenvalue weighted by Gasteiger charge is -2.22. The fourth-order valence-electron chi connectivity index (χ4n) is 3.84. The molecule has 0 unspecified atom stereocenters. The average Bonchev–Trinajstić information content (AvgIpc) is 3.48. The van der Waals surface area contributed by atoms with Crippen molar-refractivity contribution in [2.24, 2.45) is 0 Å². The number of halogens is 2. The van der Waals surface area contributed by atoms with Gasteiger partial charge in [-0.05, 0) is 66.8 Å². The van der Waals surface area contributed by atoms with Gasteiger partial charge in [0.05, 0.1) is 10.4 Å². The lowest BCUT2D eigenvalue weighted by molar-refractivity contribution is -0.122. The van der Waals surface area contributed by atoms with Gasteiger partial charge in [-0.2, -0.15) is 4.31 Å². The number of hydrogen-bond acceptors (Lipinski definition) is 5. The Morgan fingerprint density at radius 3 is 2.42 bits per heavy atom. The van der Waals surface area contributed by atoms with Crippen molar-refractivity contribution in [3.8, 4) is 5.75 Å². The van der Waals surface area contributed by atoms with Crippen molar-refractivity contribution in [3.63, 3.8) is 0 Å². The molecular weight excluding hydrogens is 485 g/mol. The zero-order chi connectivity index (χ0) is 23.4. The van der Waals surface area contributed by atoms with Crippen LogP contribution in [0.4, 0.5) is 4.39 Å². The molecule has 5 nitrogen and oxygen atoms in total. The summed E-state index contributed by atoms with van der Waals surface area (Å²) < 4.78 is 46.4. The number of sulfonamides is 1. The van der Waals surface area contributed by atoms with Gasteiger partial charge in [-0.3, -0.25) is 4.79 Å². The summed E-state index contributed by atoms with van der Waals surface area (Å²) in [7, 11) is -3.72. The van der Waals surface area contributed by atoms with Crippen LogP contribution < -0.4 is 4.74 Å². The summed E-state index contributed by atoms with van der Waals surface area (Å²) in [5.74, 6) is 0.213. The highest BCUT2D eigenvalue weighted by molar-refractivity contribution is 7.91. The average molecular weight is 508 g/mol. The number of nitrogens with zero attached hydrogens (tertiary/aromatic N) is 1. The minimum absolute atomic E-state index is 0.0672. The van der Waals surface area contributed by atoms with Crippen LogP contribution in [0.3, 0.4) is 0 Å². The van der Waals surface area contributed by atoms with Gasteiger partial charge in [0.15, 0.2) is 5.78 Å². The number of aryl methyl sites for hydroxylation is 1. The SMILES string of the molecule is O=C(CCc1ccc(COc2ccc(F)cc2)cc1)[C@@H]1CCCN1S(=O)(=O)c1ccc(Cl)s1. The Hall–Kier alpha value is -2.26. The monoisotopic (exact) mass is 507 g/mol. The van der Waals surface area contributed by atoms with E-state index in [1.807, 2.05) is 24.3 Å². The van der Waals surface area contributed by atoms with Crippen molar-refractivity contribution in [3.05, 3.63) is 81.9 Å².